The van der Waals surface area contributed by atoms with Crippen LogP contribution in [0.2, 0.25) is 0 Å². The molecule has 2 rings (SSSR count). The molecule has 1 aromatic rings. The third-order valence-corrected chi connectivity index (χ3v) is 3.14. The fraction of sp³-hybridized carbons (Fsp3) is 0.429. The summed E-state index contributed by atoms with van der Waals surface area (Å²) in [7, 11) is 1.31. The van der Waals surface area contributed by atoms with Gasteiger partial charge in [-0.3, -0.25) is 4.79 Å². The lowest BCUT2D eigenvalue weighted by Gasteiger charge is -2.32. The van der Waals surface area contributed by atoms with Crippen molar-refractivity contribution in [3.8, 4) is 0 Å². The quantitative estimate of drug-likeness (QED) is 0.861. The average molecular weight is 296 g/mol. The number of hydrogen-bond donors (Lipinski definition) is 1. The van der Waals surface area contributed by atoms with Crippen molar-refractivity contribution in [1.29, 1.82) is 0 Å². The number of urea groups is 1. The number of carbonyl (C=O) groups is 2. The van der Waals surface area contributed by atoms with E-state index in [-0.39, 0.29) is 30.3 Å². The van der Waals surface area contributed by atoms with Gasteiger partial charge in [0.1, 0.15) is 5.82 Å². The van der Waals surface area contributed by atoms with Gasteiger partial charge in [0.2, 0.25) is 0 Å². The summed E-state index contributed by atoms with van der Waals surface area (Å²) in [5.74, 6) is -0.738. The average Bonchev–Trinajstić information content (AvgIpc) is 2.49. The van der Waals surface area contributed by atoms with Gasteiger partial charge in [-0.25, -0.2) is 9.18 Å². The number of halogens is 1. The molecule has 21 heavy (non-hydrogen) atoms. The molecule has 1 aromatic carbocycles. The molecule has 6 nitrogen and oxygen atoms in total. The molecule has 1 saturated heterocycles. The Morgan fingerprint density at radius 1 is 1.43 bits per heavy atom. The Balaban J connectivity index is 1.89. The van der Waals surface area contributed by atoms with Gasteiger partial charge in [-0.15, -0.1) is 0 Å². The number of rotatable bonds is 3. The first-order valence-electron chi connectivity index (χ1n) is 6.58. The van der Waals surface area contributed by atoms with Gasteiger partial charge in [0.15, 0.2) is 0 Å². The number of nitrogens with one attached hydrogen (secondary N) is 1. The zero-order valence-electron chi connectivity index (χ0n) is 11.7. The van der Waals surface area contributed by atoms with E-state index in [2.05, 4.69) is 10.1 Å². The first kappa shape index (κ1) is 15.2. The lowest BCUT2D eigenvalue weighted by atomic mass is 10.2. The molecule has 0 aromatic heterocycles. The number of amides is 2. The molecule has 1 aliphatic rings. The van der Waals surface area contributed by atoms with E-state index in [0.29, 0.717) is 25.4 Å². The fourth-order valence-corrected chi connectivity index (χ4v) is 2.03. The lowest BCUT2D eigenvalue weighted by molar-refractivity contribution is -0.145. The number of nitrogens with zero attached hydrogens (tertiary/aromatic N) is 1. The standard InChI is InChI=1S/C14H17FN2O4/c1-20-13(18)8-12-9-17(6-7-21-12)14(19)16-11-4-2-10(15)3-5-11/h2-5,12H,6-9H2,1H3,(H,16,19). The first-order chi connectivity index (χ1) is 10.1. The molecule has 1 atom stereocenters. The zero-order valence-corrected chi connectivity index (χ0v) is 11.7. The number of esters is 1. The number of morpholine rings is 1. The third-order valence-electron chi connectivity index (χ3n) is 3.14. The molecule has 7 heteroatoms. The SMILES string of the molecule is COC(=O)CC1CN(C(=O)Nc2ccc(F)cc2)CCO1. The number of anilines is 1. The van der Waals surface area contributed by atoms with Crippen LogP contribution < -0.4 is 5.32 Å². The molecule has 0 aliphatic carbocycles. The summed E-state index contributed by atoms with van der Waals surface area (Å²) in [4.78, 5) is 24.9. The second-order valence-electron chi connectivity index (χ2n) is 4.66. The topological polar surface area (TPSA) is 67.9 Å². The number of ether oxygens (including phenoxy) is 2. The van der Waals surface area contributed by atoms with Crippen molar-refractivity contribution in [2.45, 2.75) is 12.5 Å². The number of hydrogen-bond acceptors (Lipinski definition) is 4. The molecule has 0 radical (unpaired) electrons. The van der Waals surface area contributed by atoms with Gasteiger partial charge >= 0.3 is 12.0 Å². The van der Waals surface area contributed by atoms with E-state index in [0.717, 1.165) is 0 Å². The van der Waals surface area contributed by atoms with Crippen LogP contribution in [-0.4, -0.2) is 49.8 Å². The number of carbonyl (C=O) groups excluding carboxylic acids is 2. The van der Waals surface area contributed by atoms with Crippen molar-refractivity contribution in [2.24, 2.45) is 0 Å². The monoisotopic (exact) mass is 296 g/mol. The first-order valence-corrected chi connectivity index (χ1v) is 6.58. The zero-order chi connectivity index (χ0) is 15.2. The van der Waals surface area contributed by atoms with Gasteiger partial charge in [-0.2, -0.15) is 0 Å². The molecule has 1 fully saturated rings. The highest BCUT2D eigenvalue weighted by atomic mass is 19.1. The summed E-state index contributed by atoms with van der Waals surface area (Å²) in [5.41, 5.74) is 0.511. The predicted octanol–water partition coefficient (Wildman–Crippen LogP) is 1.62. The van der Waals surface area contributed by atoms with Crippen molar-refractivity contribution >= 4 is 17.7 Å². The second-order valence-corrected chi connectivity index (χ2v) is 4.66. The van der Waals surface area contributed by atoms with E-state index in [1.807, 2.05) is 0 Å². The van der Waals surface area contributed by atoms with Crippen LogP contribution in [-0.2, 0) is 14.3 Å². The van der Waals surface area contributed by atoms with Gasteiger partial charge in [0, 0.05) is 18.8 Å². The minimum Gasteiger partial charge on any atom is -0.469 e. The van der Waals surface area contributed by atoms with Gasteiger partial charge in [0.05, 0.1) is 26.2 Å². The minimum absolute atomic E-state index is 0.108. The molecule has 0 bridgehead atoms. The molecule has 114 valence electrons. The van der Waals surface area contributed by atoms with Crippen LogP contribution in [0.25, 0.3) is 0 Å². The molecule has 1 N–H and O–H groups in total. The van der Waals surface area contributed by atoms with Crippen molar-refractivity contribution in [3.63, 3.8) is 0 Å². The highest BCUT2D eigenvalue weighted by molar-refractivity contribution is 5.89. The molecular formula is C14H17FN2O4. The Kier molecular flexibility index (Phi) is 5.10. The predicted molar refractivity (Wildman–Crippen MR) is 73.4 cm³/mol. The van der Waals surface area contributed by atoms with Crippen LogP contribution in [0.3, 0.4) is 0 Å². The summed E-state index contributed by atoms with van der Waals surface area (Å²) in [6, 6.07) is 5.21. The minimum atomic E-state index is -0.374. The van der Waals surface area contributed by atoms with E-state index in [4.69, 9.17) is 4.74 Å². The highest BCUT2D eigenvalue weighted by Crippen LogP contribution is 2.13. The molecule has 1 unspecified atom stereocenters. The highest BCUT2D eigenvalue weighted by Gasteiger charge is 2.26. The van der Waals surface area contributed by atoms with Crippen LogP contribution in [0.15, 0.2) is 24.3 Å². The normalized spacial score (nSPS) is 18.2. The van der Waals surface area contributed by atoms with Gasteiger partial charge < -0.3 is 19.7 Å². The van der Waals surface area contributed by atoms with E-state index in [1.165, 1.54) is 31.4 Å². The van der Waals surface area contributed by atoms with E-state index in [9.17, 15) is 14.0 Å². The maximum Gasteiger partial charge on any atom is 0.322 e. The van der Waals surface area contributed by atoms with E-state index >= 15 is 0 Å². The van der Waals surface area contributed by atoms with Crippen LogP contribution in [0.1, 0.15) is 6.42 Å². The number of methoxy groups -OCH3 is 1. The fourth-order valence-electron chi connectivity index (χ4n) is 2.03. The molecule has 0 spiro atoms. The summed E-state index contributed by atoms with van der Waals surface area (Å²) < 4.78 is 22.8. The Labute approximate surface area is 121 Å². The molecular weight excluding hydrogens is 279 g/mol. The maximum absolute atomic E-state index is 12.8. The van der Waals surface area contributed by atoms with Crippen LogP contribution in [0, 0.1) is 5.82 Å². The summed E-state index contributed by atoms with van der Waals surface area (Å²) in [6.45, 7) is 1.10. The molecule has 2 amide bonds. The maximum atomic E-state index is 12.8. The lowest BCUT2D eigenvalue weighted by Crippen LogP contribution is -2.48. The van der Waals surface area contributed by atoms with Gasteiger partial charge in [-0.1, -0.05) is 0 Å². The largest absolute Gasteiger partial charge is 0.469 e. The van der Waals surface area contributed by atoms with Crippen molar-refractivity contribution in [3.05, 3.63) is 30.1 Å². The summed E-state index contributed by atoms with van der Waals surface area (Å²) in [6.07, 6.45) is -0.262. The Hall–Kier alpha value is -2.15. The summed E-state index contributed by atoms with van der Waals surface area (Å²) in [5, 5.41) is 2.68. The van der Waals surface area contributed by atoms with Crippen LogP contribution >= 0.6 is 0 Å². The molecule has 1 heterocycles. The summed E-state index contributed by atoms with van der Waals surface area (Å²) >= 11 is 0. The van der Waals surface area contributed by atoms with Gasteiger partial charge in [-0.05, 0) is 24.3 Å². The molecule has 0 saturated carbocycles. The Morgan fingerprint density at radius 2 is 2.14 bits per heavy atom. The van der Waals surface area contributed by atoms with Crippen molar-refractivity contribution in [2.75, 3.05) is 32.1 Å². The Bertz CT molecular complexity index is 506. The van der Waals surface area contributed by atoms with Gasteiger partial charge in [0.25, 0.3) is 0 Å². The van der Waals surface area contributed by atoms with Crippen LogP contribution in [0.5, 0.6) is 0 Å². The Morgan fingerprint density at radius 3 is 2.81 bits per heavy atom. The van der Waals surface area contributed by atoms with Crippen LogP contribution in [0.4, 0.5) is 14.9 Å². The van der Waals surface area contributed by atoms with E-state index < -0.39 is 0 Å². The smallest absolute Gasteiger partial charge is 0.322 e. The second kappa shape index (κ2) is 7.03. The number of benzene rings is 1. The molecule has 1 aliphatic heterocycles. The van der Waals surface area contributed by atoms with Crippen molar-refractivity contribution < 1.29 is 23.5 Å². The van der Waals surface area contributed by atoms with Crippen molar-refractivity contribution in [1.82, 2.24) is 4.90 Å². The van der Waals surface area contributed by atoms with E-state index in [1.54, 1.807) is 4.90 Å². The third kappa shape index (κ3) is 4.42.